The molecule has 0 saturated carbocycles. The molecule has 164 valence electrons. The van der Waals surface area contributed by atoms with E-state index in [0.717, 1.165) is 20.3 Å². The third-order valence-corrected chi connectivity index (χ3v) is 7.11. The fourth-order valence-electron chi connectivity index (χ4n) is 3.57. The Morgan fingerprint density at radius 2 is 2.06 bits per heavy atom. The number of fused-ring (bicyclic) bond motifs is 1. The van der Waals surface area contributed by atoms with Crippen molar-refractivity contribution in [2.45, 2.75) is 42.8 Å². The lowest BCUT2D eigenvalue weighted by molar-refractivity contribution is 0.0841. The lowest BCUT2D eigenvalue weighted by atomic mass is 10.0. The fraction of sp³-hybridized carbons (Fsp3) is 0.429. The number of hydrogen-bond donors (Lipinski definition) is 1. The van der Waals surface area contributed by atoms with Gasteiger partial charge in [0.25, 0.3) is 5.91 Å². The van der Waals surface area contributed by atoms with Gasteiger partial charge in [-0.25, -0.2) is 4.79 Å². The van der Waals surface area contributed by atoms with Gasteiger partial charge in [-0.2, -0.15) is 0 Å². The van der Waals surface area contributed by atoms with Crippen molar-refractivity contribution in [1.29, 1.82) is 0 Å². The van der Waals surface area contributed by atoms with E-state index in [0.29, 0.717) is 49.6 Å². The van der Waals surface area contributed by atoms with Gasteiger partial charge >= 0.3 is 6.09 Å². The smallest absolute Gasteiger partial charge is 0.409 e. The van der Waals surface area contributed by atoms with Gasteiger partial charge in [0.2, 0.25) is 0 Å². The second-order valence-corrected chi connectivity index (χ2v) is 9.62. The molecule has 3 heterocycles. The summed E-state index contributed by atoms with van der Waals surface area (Å²) >= 11 is 3.08. The van der Waals surface area contributed by atoms with E-state index in [9.17, 15) is 9.59 Å². The summed E-state index contributed by atoms with van der Waals surface area (Å²) in [4.78, 5) is 26.6. The first kappa shape index (κ1) is 21.6. The number of ether oxygens (including phenoxy) is 1. The molecule has 2 aromatic heterocycles. The number of aromatic nitrogens is 2. The second-order valence-electron chi connectivity index (χ2n) is 7.22. The minimum Gasteiger partial charge on any atom is -0.451 e. The van der Waals surface area contributed by atoms with E-state index in [-0.39, 0.29) is 18.0 Å². The van der Waals surface area contributed by atoms with E-state index in [2.05, 4.69) is 15.5 Å². The molecule has 1 fully saturated rings. The number of piperidine rings is 1. The van der Waals surface area contributed by atoms with Gasteiger partial charge in [0.05, 0.1) is 6.61 Å². The molecule has 2 amide bonds. The summed E-state index contributed by atoms with van der Waals surface area (Å²) in [5.41, 5.74) is 1.55. The predicted octanol–water partition coefficient (Wildman–Crippen LogP) is 4.24. The molecule has 1 aliphatic heterocycles. The van der Waals surface area contributed by atoms with E-state index in [1.54, 1.807) is 23.6 Å². The van der Waals surface area contributed by atoms with Crippen LogP contribution in [0.25, 0.3) is 11.0 Å². The maximum atomic E-state index is 13.1. The molecular formula is C21H24N4O4S2. The predicted molar refractivity (Wildman–Crippen MR) is 120 cm³/mol. The molecule has 0 aliphatic carbocycles. The number of rotatable bonds is 6. The maximum absolute atomic E-state index is 13.1. The van der Waals surface area contributed by atoms with E-state index < -0.39 is 0 Å². The quantitative estimate of drug-likeness (QED) is 0.550. The molecule has 31 heavy (non-hydrogen) atoms. The molecular weight excluding hydrogens is 436 g/mol. The maximum Gasteiger partial charge on any atom is 0.409 e. The van der Waals surface area contributed by atoms with E-state index >= 15 is 0 Å². The zero-order valence-electron chi connectivity index (χ0n) is 17.4. The van der Waals surface area contributed by atoms with Crippen LogP contribution < -0.4 is 5.32 Å². The molecule has 1 aromatic carbocycles. The summed E-state index contributed by atoms with van der Waals surface area (Å²) in [5, 5.41) is 13.1. The van der Waals surface area contributed by atoms with Crippen molar-refractivity contribution in [3.8, 4) is 0 Å². The number of carbonyl (C=O) groups excluding carboxylic acids is 2. The lowest BCUT2D eigenvalue weighted by Gasteiger charge is -2.31. The number of nitrogens with one attached hydrogen (secondary N) is 1. The van der Waals surface area contributed by atoms with Gasteiger partial charge in [-0.15, -0.1) is 10.2 Å². The summed E-state index contributed by atoms with van der Waals surface area (Å²) in [5.74, 6) is 0.674. The third kappa shape index (κ3) is 5.01. The van der Waals surface area contributed by atoms with E-state index in [1.165, 1.54) is 11.3 Å². The van der Waals surface area contributed by atoms with Crippen molar-refractivity contribution in [1.82, 2.24) is 20.4 Å². The van der Waals surface area contributed by atoms with Gasteiger partial charge in [-0.3, -0.25) is 4.79 Å². The SMILES string of the molecule is CCOC(=O)N1CCC(NC(=O)c2oc3ccccc3c2CSc2nnc(C)s2)CC1. The van der Waals surface area contributed by atoms with Crippen LogP contribution in [0.1, 0.15) is 40.9 Å². The van der Waals surface area contributed by atoms with Crippen molar-refractivity contribution in [2.24, 2.45) is 0 Å². The summed E-state index contributed by atoms with van der Waals surface area (Å²) < 4.78 is 11.9. The Morgan fingerprint density at radius 3 is 2.77 bits per heavy atom. The second kappa shape index (κ2) is 9.69. The molecule has 3 aromatic rings. The van der Waals surface area contributed by atoms with Crippen molar-refractivity contribution >= 4 is 46.1 Å². The number of thioether (sulfide) groups is 1. The van der Waals surface area contributed by atoms with E-state index in [4.69, 9.17) is 9.15 Å². The summed E-state index contributed by atoms with van der Waals surface area (Å²) in [6, 6.07) is 7.65. The molecule has 10 heteroatoms. The van der Waals surface area contributed by atoms with Gasteiger partial charge < -0.3 is 19.4 Å². The Bertz CT molecular complexity index is 1070. The van der Waals surface area contributed by atoms with Crippen LogP contribution in [0.15, 0.2) is 33.0 Å². The summed E-state index contributed by atoms with van der Waals surface area (Å²) in [6.07, 6.45) is 1.06. The number of aryl methyl sites for hydroxylation is 1. The highest BCUT2D eigenvalue weighted by Gasteiger charge is 2.27. The number of benzene rings is 1. The Balaban J connectivity index is 1.46. The Hall–Kier alpha value is -2.59. The molecule has 8 nitrogen and oxygen atoms in total. The molecule has 1 N–H and O–H groups in total. The number of carbonyl (C=O) groups is 2. The summed E-state index contributed by atoms with van der Waals surface area (Å²) in [6.45, 7) is 5.19. The first-order valence-corrected chi connectivity index (χ1v) is 12.0. The molecule has 0 atom stereocenters. The standard InChI is InChI=1S/C21H24N4O4S2/c1-3-28-21(27)25-10-8-14(9-11-25)22-19(26)18-16(12-30-20-24-23-13(2)31-20)15-6-4-5-7-17(15)29-18/h4-7,14H,3,8-12H2,1-2H3,(H,22,26). The Morgan fingerprint density at radius 1 is 1.29 bits per heavy atom. The largest absolute Gasteiger partial charge is 0.451 e. The van der Waals surface area contributed by atoms with Crippen LogP contribution in [0.5, 0.6) is 0 Å². The lowest BCUT2D eigenvalue weighted by Crippen LogP contribution is -2.46. The van der Waals surface area contributed by atoms with E-state index in [1.807, 2.05) is 31.2 Å². The zero-order chi connectivity index (χ0) is 21.8. The number of hydrogen-bond acceptors (Lipinski definition) is 8. The fourth-order valence-corrected chi connectivity index (χ4v) is 5.41. The van der Waals surface area contributed by atoms with Crippen LogP contribution in [0.2, 0.25) is 0 Å². The number of amides is 2. The van der Waals surface area contributed by atoms with Gasteiger partial charge in [0.15, 0.2) is 10.1 Å². The van der Waals surface area contributed by atoms with Crippen molar-refractivity contribution in [3.05, 3.63) is 40.6 Å². The van der Waals surface area contributed by atoms with Crippen LogP contribution in [-0.2, 0) is 10.5 Å². The topological polar surface area (TPSA) is 97.6 Å². The number of furan rings is 1. The highest BCUT2D eigenvalue weighted by Crippen LogP contribution is 2.33. The summed E-state index contributed by atoms with van der Waals surface area (Å²) in [7, 11) is 0. The van der Waals surface area contributed by atoms with Gasteiger partial charge in [0.1, 0.15) is 10.6 Å². The average molecular weight is 461 g/mol. The van der Waals surface area contributed by atoms with Gasteiger partial charge in [-0.1, -0.05) is 41.3 Å². The average Bonchev–Trinajstić information content (AvgIpc) is 3.36. The monoisotopic (exact) mass is 460 g/mol. The number of nitrogens with zero attached hydrogens (tertiary/aromatic N) is 3. The molecule has 1 saturated heterocycles. The van der Waals surface area contributed by atoms with Crippen LogP contribution in [-0.4, -0.2) is 52.8 Å². The number of likely N-dealkylation sites (tertiary alicyclic amines) is 1. The van der Waals surface area contributed by atoms with Gasteiger partial charge in [-0.05, 0) is 32.8 Å². The molecule has 0 bridgehead atoms. The molecule has 0 radical (unpaired) electrons. The molecule has 1 aliphatic rings. The van der Waals surface area contributed by atoms with Crippen LogP contribution in [0, 0.1) is 6.92 Å². The van der Waals surface area contributed by atoms with Crippen molar-refractivity contribution in [3.63, 3.8) is 0 Å². The zero-order valence-corrected chi connectivity index (χ0v) is 19.1. The highest BCUT2D eigenvalue weighted by molar-refractivity contribution is 8.00. The third-order valence-electron chi connectivity index (χ3n) is 5.11. The normalized spacial score (nSPS) is 14.7. The Kier molecular flexibility index (Phi) is 6.77. The Labute approximate surface area is 188 Å². The minimum atomic E-state index is -0.296. The molecule has 0 unspecified atom stereocenters. The van der Waals surface area contributed by atoms with Crippen LogP contribution in [0.3, 0.4) is 0 Å². The van der Waals surface area contributed by atoms with Crippen LogP contribution >= 0.6 is 23.1 Å². The molecule has 0 spiro atoms. The minimum absolute atomic E-state index is 0.0160. The first-order valence-electron chi connectivity index (χ1n) is 10.2. The van der Waals surface area contributed by atoms with Gasteiger partial charge in [0, 0.05) is 35.8 Å². The molecule has 4 rings (SSSR count). The van der Waals surface area contributed by atoms with Crippen molar-refractivity contribution < 1.29 is 18.7 Å². The van der Waals surface area contributed by atoms with Crippen LogP contribution in [0.4, 0.5) is 4.79 Å². The first-order chi connectivity index (χ1) is 15.0. The van der Waals surface area contributed by atoms with Crippen molar-refractivity contribution in [2.75, 3.05) is 19.7 Å². The highest BCUT2D eigenvalue weighted by atomic mass is 32.2. The number of para-hydroxylation sites is 1.